The molecule has 3 aromatic rings. The molecule has 0 radical (unpaired) electrons. The molecule has 1 aromatic heterocycles. The van der Waals surface area contributed by atoms with Crippen LogP contribution in [-0.4, -0.2) is 37.3 Å². The van der Waals surface area contributed by atoms with Gasteiger partial charge in [-0.15, -0.1) is 0 Å². The molecule has 0 unspecified atom stereocenters. The average Bonchev–Trinajstić information content (AvgIpc) is 2.95. The molecule has 0 fully saturated rings. The van der Waals surface area contributed by atoms with Gasteiger partial charge in [-0.1, -0.05) is 18.2 Å². The molecule has 0 saturated carbocycles. The summed E-state index contributed by atoms with van der Waals surface area (Å²) >= 11 is 0. The number of ether oxygens (including phenoxy) is 2. The van der Waals surface area contributed by atoms with Crippen molar-refractivity contribution in [3.8, 4) is 11.5 Å². The van der Waals surface area contributed by atoms with Crippen LogP contribution in [0.3, 0.4) is 0 Å². The number of fused-ring (bicyclic) bond motifs is 1. The first-order chi connectivity index (χ1) is 12.1. The summed E-state index contributed by atoms with van der Waals surface area (Å²) in [6.07, 6.45) is 0.835. The maximum absolute atomic E-state index is 12.0. The first kappa shape index (κ1) is 17.1. The molecule has 0 aliphatic rings. The van der Waals surface area contributed by atoms with E-state index in [2.05, 4.69) is 4.90 Å². The van der Waals surface area contributed by atoms with E-state index < -0.39 is 0 Å². The number of nitrogens with zero attached hydrogens (tertiary/aromatic N) is 2. The number of aromatic nitrogens is 1. The van der Waals surface area contributed by atoms with E-state index in [1.165, 1.54) is 0 Å². The van der Waals surface area contributed by atoms with E-state index in [9.17, 15) is 4.79 Å². The highest BCUT2D eigenvalue weighted by Gasteiger charge is 2.11. The van der Waals surface area contributed by atoms with Gasteiger partial charge >= 0.3 is 5.76 Å². The molecule has 6 nitrogen and oxygen atoms in total. The van der Waals surface area contributed by atoms with Crippen LogP contribution < -0.4 is 15.2 Å². The summed E-state index contributed by atoms with van der Waals surface area (Å²) in [5.41, 5.74) is 2.57. The van der Waals surface area contributed by atoms with Crippen molar-refractivity contribution < 1.29 is 13.9 Å². The Morgan fingerprint density at radius 2 is 1.84 bits per heavy atom. The molecule has 0 aliphatic heterocycles. The number of oxazole rings is 1. The van der Waals surface area contributed by atoms with Crippen LogP contribution in [0.25, 0.3) is 11.1 Å². The van der Waals surface area contributed by atoms with Gasteiger partial charge in [-0.25, -0.2) is 4.79 Å². The largest absolute Gasteiger partial charge is 0.493 e. The van der Waals surface area contributed by atoms with Crippen LogP contribution in [0.1, 0.15) is 5.56 Å². The lowest BCUT2D eigenvalue weighted by molar-refractivity contribution is 0.264. The molecule has 25 heavy (non-hydrogen) atoms. The summed E-state index contributed by atoms with van der Waals surface area (Å²) < 4.78 is 17.5. The molecule has 1 heterocycles. The van der Waals surface area contributed by atoms with Crippen LogP contribution in [0.5, 0.6) is 11.5 Å². The summed E-state index contributed by atoms with van der Waals surface area (Å²) in [6.45, 7) is 1.27. The average molecular weight is 342 g/mol. The fourth-order valence-electron chi connectivity index (χ4n) is 2.82. The maximum atomic E-state index is 12.0. The van der Waals surface area contributed by atoms with Crippen LogP contribution in [0.4, 0.5) is 0 Å². The SMILES string of the molecule is COc1ccc(CCN(C)Cn2c(=O)oc3ccccc32)cc1OC. The third kappa shape index (κ3) is 3.69. The zero-order chi connectivity index (χ0) is 17.8. The Morgan fingerprint density at radius 1 is 1.08 bits per heavy atom. The van der Waals surface area contributed by atoms with E-state index in [1.54, 1.807) is 24.9 Å². The van der Waals surface area contributed by atoms with Crippen LogP contribution >= 0.6 is 0 Å². The van der Waals surface area contributed by atoms with Crippen molar-refractivity contribution in [2.45, 2.75) is 13.1 Å². The van der Waals surface area contributed by atoms with Gasteiger partial charge in [-0.05, 0) is 43.3 Å². The summed E-state index contributed by atoms with van der Waals surface area (Å²) in [7, 11) is 5.23. The van der Waals surface area contributed by atoms with Crippen molar-refractivity contribution in [3.05, 3.63) is 58.6 Å². The van der Waals surface area contributed by atoms with Crippen LogP contribution in [0.15, 0.2) is 51.7 Å². The third-order valence-electron chi connectivity index (χ3n) is 4.19. The molecule has 0 saturated heterocycles. The molecule has 0 amide bonds. The Kier molecular flexibility index (Phi) is 5.09. The first-order valence-electron chi connectivity index (χ1n) is 8.10. The van der Waals surface area contributed by atoms with E-state index in [1.807, 2.05) is 43.4 Å². The van der Waals surface area contributed by atoms with E-state index in [4.69, 9.17) is 13.9 Å². The lowest BCUT2D eigenvalue weighted by Crippen LogP contribution is -2.29. The molecule has 0 bridgehead atoms. The van der Waals surface area contributed by atoms with Crippen LogP contribution in [0, 0.1) is 0 Å². The predicted octanol–water partition coefficient (Wildman–Crippen LogP) is 2.74. The Balaban J connectivity index is 1.68. The zero-order valence-corrected chi connectivity index (χ0v) is 14.7. The summed E-state index contributed by atoms with van der Waals surface area (Å²) in [5, 5.41) is 0. The molecule has 3 rings (SSSR count). The number of likely N-dealkylation sites (N-methyl/N-ethyl adjacent to an activating group) is 1. The van der Waals surface area contributed by atoms with Crippen LogP contribution in [0.2, 0.25) is 0 Å². The summed E-state index contributed by atoms with van der Waals surface area (Å²) in [5.74, 6) is 1.11. The van der Waals surface area contributed by atoms with Gasteiger partial charge in [0, 0.05) is 6.54 Å². The predicted molar refractivity (Wildman–Crippen MR) is 96.4 cm³/mol. The Labute approximate surface area is 146 Å². The highest BCUT2D eigenvalue weighted by Crippen LogP contribution is 2.27. The fourth-order valence-corrected chi connectivity index (χ4v) is 2.82. The fraction of sp³-hybridized carbons (Fsp3) is 0.316. The van der Waals surface area contributed by atoms with Crippen molar-refractivity contribution in [3.63, 3.8) is 0 Å². The van der Waals surface area contributed by atoms with Crippen molar-refractivity contribution >= 4 is 11.1 Å². The van der Waals surface area contributed by atoms with Crippen molar-refractivity contribution in [1.29, 1.82) is 0 Å². The molecule has 6 heteroatoms. The van der Waals surface area contributed by atoms with Gasteiger partial charge in [0.1, 0.15) is 0 Å². The number of benzene rings is 2. The van der Waals surface area contributed by atoms with Gasteiger partial charge < -0.3 is 13.9 Å². The van der Waals surface area contributed by atoms with Gasteiger partial charge in [-0.3, -0.25) is 9.47 Å². The Hall–Kier alpha value is -2.73. The lowest BCUT2D eigenvalue weighted by atomic mass is 10.1. The number of rotatable bonds is 7. The number of methoxy groups -OCH3 is 2. The van der Waals surface area contributed by atoms with Crippen molar-refractivity contribution in [2.24, 2.45) is 0 Å². The van der Waals surface area contributed by atoms with Gasteiger partial charge in [0.25, 0.3) is 0 Å². The second-order valence-corrected chi connectivity index (χ2v) is 5.92. The Morgan fingerprint density at radius 3 is 2.60 bits per heavy atom. The minimum Gasteiger partial charge on any atom is -0.493 e. The molecule has 0 aliphatic carbocycles. The second kappa shape index (κ2) is 7.44. The van der Waals surface area contributed by atoms with Crippen molar-refractivity contribution in [1.82, 2.24) is 9.47 Å². The van der Waals surface area contributed by atoms with E-state index >= 15 is 0 Å². The third-order valence-corrected chi connectivity index (χ3v) is 4.19. The minimum absolute atomic E-state index is 0.334. The summed E-state index contributed by atoms with van der Waals surface area (Å²) in [6, 6.07) is 13.4. The molecule has 0 atom stereocenters. The molecular formula is C19H22N2O4. The molecule has 2 aromatic carbocycles. The molecule has 132 valence electrons. The molecule has 0 N–H and O–H groups in total. The molecular weight excluding hydrogens is 320 g/mol. The topological polar surface area (TPSA) is 56.8 Å². The number of para-hydroxylation sites is 2. The van der Waals surface area contributed by atoms with E-state index in [0.29, 0.717) is 12.3 Å². The summed E-state index contributed by atoms with van der Waals surface area (Å²) in [4.78, 5) is 14.1. The Bertz CT molecular complexity index is 913. The smallest absolute Gasteiger partial charge is 0.421 e. The highest BCUT2D eigenvalue weighted by molar-refractivity contribution is 5.72. The van der Waals surface area contributed by atoms with Gasteiger partial charge in [0.05, 0.1) is 26.4 Å². The molecule has 0 spiro atoms. The lowest BCUT2D eigenvalue weighted by Gasteiger charge is -2.17. The normalized spacial score (nSPS) is 11.2. The zero-order valence-electron chi connectivity index (χ0n) is 14.7. The highest BCUT2D eigenvalue weighted by atomic mass is 16.5. The quantitative estimate of drug-likeness (QED) is 0.661. The minimum atomic E-state index is -0.334. The van der Waals surface area contributed by atoms with Crippen LogP contribution in [-0.2, 0) is 13.1 Å². The van der Waals surface area contributed by atoms with Gasteiger partial charge in [0.2, 0.25) is 0 Å². The first-order valence-corrected chi connectivity index (χ1v) is 8.10. The van der Waals surface area contributed by atoms with Gasteiger partial charge in [-0.2, -0.15) is 0 Å². The monoisotopic (exact) mass is 342 g/mol. The number of hydrogen-bond donors (Lipinski definition) is 0. The second-order valence-electron chi connectivity index (χ2n) is 5.92. The van der Waals surface area contributed by atoms with E-state index in [-0.39, 0.29) is 5.76 Å². The maximum Gasteiger partial charge on any atom is 0.421 e. The van der Waals surface area contributed by atoms with Crippen molar-refractivity contribution in [2.75, 3.05) is 27.8 Å². The standard InChI is InChI=1S/C19H22N2O4/c1-20(11-10-14-8-9-17(23-2)18(12-14)24-3)13-21-15-6-4-5-7-16(15)25-19(21)22/h4-9,12H,10-11,13H2,1-3H3. The van der Waals surface area contributed by atoms with Gasteiger partial charge in [0.15, 0.2) is 17.1 Å². The van der Waals surface area contributed by atoms with E-state index in [0.717, 1.165) is 35.5 Å². The number of hydrogen-bond acceptors (Lipinski definition) is 5.